The van der Waals surface area contributed by atoms with Gasteiger partial charge < -0.3 is 20.9 Å². The normalized spacial score (nSPS) is 11.1. The van der Waals surface area contributed by atoms with Gasteiger partial charge in [0.2, 0.25) is 0 Å². The molecule has 0 unspecified atom stereocenters. The largest absolute Gasteiger partial charge is 0.452 e. The summed E-state index contributed by atoms with van der Waals surface area (Å²) in [5.41, 5.74) is 11.6. The maximum Gasteiger partial charge on any atom is 0.168 e. The molecule has 0 spiro atoms. The molecule has 32 heavy (non-hydrogen) atoms. The summed E-state index contributed by atoms with van der Waals surface area (Å²) in [6.07, 6.45) is 0. The third kappa shape index (κ3) is 4.78. The Morgan fingerprint density at radius 2 is 0.781 bits per heavy atom. The van der Waals surface area contributed by atoms with Crippen LogP contribution in [0.1, 0.15) is 0 Å². The van der Waals surface area contributed by atoms with E-state index in [9.17, 15) is 0 Å². The van der Waals surface area contributed by atoms with E-state index in [2.05, 4.69) is 0 Å². The number of benzene rings is 3. The molecule has 3 aromatic carbocycles. The smallest absolute Gasteiger partial charge is 0.168 e. The lowest BCUT2D eigenvalue weighted by Gasteiger charge is -2.18. The van der Waals surface area contributed by atoms with Crippen molar-refractivity contribution in [2.45, 2.75) is 0 Å². The highest BCUT2D eigenvalue weighted by Crippen LogP contribution is 2.53. The molecule has 14 heteroatoms. The van der Waals surface area contributed by atoms with Crippen LogP contribution in [-0.4, -0.2) is 0 Å². The molecule has 0 amide bonds. The molecule has 0 aliphatic heterocycles. The summed E-state index contributed by atoms with van der Waals surface area (Å²) in [7, 11) is 0. The summed E-state index contributed by atoms with van der Waals surface area (Å²) in [6, 6.07) is 2.74. The lowest BCUT2D eigenvalue weighted by atomic mass is 10.2. The fourth-order valence-electron chi connectivity index (χ4n) is 2.35. The van der Waals surface area contributed by atoms with E-state index in [0.717, 1.165) is 0 Å². The minimum absolute atomic E-state index is 0.0176. The van der Waals surface area contributed by atoms with E-state index >= 15 is 0 Å². The van der Waals surface area contributed by atoms with E-state index in [1.165, 1.54) is 12.1 Å². The van der Waals surface area contributed by atoms with Crippen LogP contribution < -0.4 is 20.9 Å². The summed E-state index contributed by atoms with van der Waals surface area (Å²) in [6.45, 7) is 0. The average molecular weight is 637 g/mol. The third-order valence-corrected chi connectivity index (χ3v) is 7.90. The van der Waals surface area contributed by atoms with Crippen molar-refractivity contribution in [1.29, 1.82) is 0 Å². The van der Waals surface area contributed by atoms with Crippen molar-refractivity contribution in [2.75, 3.05) is 11.5 Å². The number of nitrogens with two attached hydrogens (primary N) is 2. The standard InChI is InChI=1S/C18H6Cl10N2O2/c19-3-1-4(31-17-11(25)7(21)9(23)15(29)13(17)27)6(20)5(2-3)32-18-12(26)8(22)10(24)16(30)14(18)28/h1-2H,29-30H2. The van der Waals surface area contributed by atoms with Crippen molar-refractivity contribution in [2.24, 2.45) is 0 Å². The molecule has 0 radical (unpaired) electrons. The van der Waals surface area contributed by atoms with E-state index < -0.39 is 0 Å². The van der Waals surface area contributed by atoms with Crippen LogP contribution >= 0.6 is 116 Å². The van der Waals surface area contributed by atoms with Crippen LogP contribution in [0.4, 0.5) is 11.4 Å². The molecule has 0 fully saturated rings. The molecule has 0 atom stereocenters. The van der Waals surface area contributed by atoms with Crippen molar-refractivity contribution in [3.8, 4) is 23.0 Å². The first-order valence-corrected chi connectivity index (χ1v) is 11.7. The minimum atomic E-state index is -0.106. The van der Waals surface area contributed by atoms with E-state index in [0.29, 0.717) is 0 Å². The number of nitrogen functional groups attached to an aromatic ring is 2. The van der Waals surface area contributed by atoms with Crippen LogP contribution in [-0.2, 0) is 0 Å². The highest BCUT2D eigenvalue weighted by molar-refractivity contribution is 6.53. The van der Waals surface area contributed by atoms with Gasteiger partial charge in [-0.15, -0.1) is 0 Å². The van der Waals surface area contributed by atoms with Crippen LogP contribution in [0, 0.1) is 0 Å². The van der Waals surface area contributed by atoms with Gasteiger partial charge in [-0.1, -0.05) is 116 Å². The van der Waals surface area contributed by atoms with Gasteiger partial charge in [0.1, 0.15) is 25.1 Å². The Morgan fingerprint density at radius 1 is 0.438 bits per heavy atom. The fraction of sp³-hybridized carbons (Fsp3) is 0. The lowest BCUT2D eigenvalue weighted by molar-refractivity contribution is 0.461. The molecule has 0 aliphatic carbocycles. The first kappa shape index (κ1) is 26.4. The Morgan fingerprint density at radius 3 is 1.12 bits per heavy atom. The van der Waals surface area contributed by atoms with Crippen molar-refractivity contribution in [3.05, 3.63) is 62.4 Å². The number of halogens is 10. The van der Waals surface area contributed by atoms with Crippen molar-refractivity contribution < 1.29 is 9.47 Å². The quantitative estimate of drug-likeness (QED) is 0.170. The maximum atomic E-state index is 6.45. The molecule has 3 aromatic rings. The molecular weight excluding hydrogens is 631 g/mol. The molecule has 170 valence electrons. The van der Waals surface area contributed by atoms with Gasteiger partial charge in [0.25, 0.3) is 0 Å². The van der Waals surface area contributed by atoms with E-state index in [1.807, 2.05) is 0 Å². The van der Waals surface area contributed by atoms with Crippen LogP contribution in [0.5, 0.6) is 23.0 Å². The topological polar surface area (TPSA) is 70.5 Å². The highest BCUT2D eigenvalue weighted by Gasteiger charge is 2.25. The van der Waals surface area contributed by atoms with Gasteiger partial charge in [-0.3, -0.25) is 0 Å². The summed E-state index contributed by atoms with van der Waals surface area (Å²) in [4.78, 5) is 0. The number of ether oxygens (including phenoxy) is 2. The minimum Gasteiger partial charge on any atom is -0.452 e. The van der Waals surface area contributed by atoms with E-state index in [1.54, 1.807) is 0 Å². The van der Waals surface area contributed by atoms with Crippen molar-refractivity contribution in [3.63, 3.8) is 0 Å². The summed E-state index contributed by atoms with van der Waals surface area (Å²) >= 11 is 61.7. The van der Waals surface area contributed by atoms with Gasteiger partial charge in [0, 0.05) is 17.2 Å². The van der Waals surface area contributed by atoms with Gasteiger partial charge in [0.05, 0.1) is 31.5 Å². The zero-order valence-electron chi connectivity index (χ0n) is 14.9. The molecule has 0 saturated heterocycles. The fourth-order valence-corrected chi connectivity index (χ4v) is 4.68. The summed E-state index contributed by atoms with van der Waals surface area (Å²) in [5, 5.41) is -0.487. The second-order valence-corrected chi connectivity index (χ2v) is 9.76. The van der Waals surface area contributed by atoms with Gasteiger partial charge in [0.15, 0.2) is 23.0 Å². The summed E-state index contributed by atoms with van der Waals surface area (Å²) < 4.78 is 11.5. The first-order chi connectivity index (χ1) is 14.9. The molecular formula is C18H6Cl10N2O2. The van der Waals surface area contributed by atoms with Gasteiger partial charge >= 0.3 is 0 Å². The number of hydrogen-bond acceptors (Lipinski definition) is 4. The van der Waals surface area contributed by atoms with Crippen LogP contribution in [0.2, 0.25) is 50.2 Å². The first-order valence-electron chi connectivity index (χ1n) is 7.94. The molecule has 4 N–H and O–H groups in total. The third-order valence-electron chi connectivity index (χ3n) is 3.91. The van der Waals surface area contributed by atoms with Crippen LogP contribution in [0.15, 0.2) is 12.1 Å². The number of anilines is 2. The lowest BCUT2D eigenvalue weighted by Crippen LogP contribution is -1.97. The second kappa shape index (κ2) is 10.2. The Hall–Kier alpha value is -0.240. The van der Waals surface area contributed by atoms with Crippen LogP contribution in [0.25, 0.3) is 0 Å². The van der Waals surface area contributed by atoms with Gasteiger partial charge in [-0.05, 0) is 0 Å². The summed E-state index contributed by atoms with van der Waals surface area (Å²) in [5.74, 6) is -0.248. The van der Waals surface area contributed by atoms with Crippen molar-refractivity contribution >= 4 is 127 Å². The second-order valence-electron chi connectivity index (χ2n) is 5.92. The molecule has 0 bridgehead atoms. The Bertz CT molecular complexity index is 1110. The van der Waals surface area contributed by atoms with E-state index in [4.69, 9.17) is 137 Å². The monoisotopic (exact) mass is 632 g/mol. The van der Waals surface area contributed by atoms with E-state index in [-0.39, 0.29) is 84.6 Å². The van der Waals surface area contributed by atoms with Gasteiger partial charge in [-0.2, -0.15) is 0 Å². The Kier molecular flexibility index (Phi) is 8.38. The Labute approximate surface area is 231 Å². The molecule has 4 nitrogen and oxygen atoms in total. The average Bonchev–Trinajstić information content (AvgIpc) is 2.76. The zero-order valence-corrected chi connectivity index (χ0v) is 22.5. The molecule has 0 heterocycles. The zero-order chi connectivity index (χ0) is 24.1. The molecule has 0 aliphatic rings. The number of rotatable bonds is 4. The van der Waals surface area contributed by atoms with Crippen molar-refractivity contribution in [1.82, 2.24) is 0 Å². The highest BCUT2D eigenvalue weighted by atomic mass is 35.5. The predicted molar refractivity (Wildman–Crippen MR) is 138 cm³/mol. The predicted octanol–water partition coefficient (Wildman–Crippen LogP) is 11.0. The Balaban J connectivity index is 2.12. The number of hydrogen-bond donors (Lipinski definition) is 2. The molecule has 3 rings (SSSR count). The maximum absolute atomic E-state index is 6.45. The van der Waals surface area contributed by atoms with Crippen LogP contribution in [0.3, 0.4) is 0 Å². The molecule has 0 saturated carbocycles. The van der Waals surface area contributed by atoms with Gasteiger partial charge in [-0.25, -0.2) is 0 Å². The SMILES string of the molecule is Nc1c(Cl)c(Cl)c(Cl)c(Oc2cc(Cl)cc(Oc3c(Cl)c(N)c(Cl)c(Cl)c3Cl)c2Cl)c1Cl. The molecule has 0 aromatic heterocycles.